The molecule has 0 amide bonds. The molecule has 0 radical (unpaired) electrons. The van der Waals surface area contributed by atoms with Crippen molar-refractivity contribution in [1.82, 2.24) is 0 Å². The molecule has 0 aliphatic heterocycles. The topological polar surface area (TPSA) is 54.4 Å². The van der Waals surface area contributed by atoms with Crippen LogP contribution >= 0.6 is 0 Å². The van der Waals surface area contributed by atoms with Gasteiger partial charge < -0.3 is 5.11 Å². The molecule has 0 saturated heterocycles. The Bertz CT molecular complexity index is 685. The van der Waals surface area contributed by atoms with Crippen molar-refractivity contribution in [2.75, 3.05) is 0 Å². The van der Waals surface area contributed by atoms with Gasteiger partial charge in [0.05, 0.1) is 10.8 Å². The third-order valence-electron chi connectivity index (χ3n) is 7.71. The number of ketones is 2. The Morgan fingerprint density at radius 2 is 1.83 bits per heavy atom. The Labute approximate surface area is 137 Å². The zero-order chi connectivity index (χ0) is 16.7. The second-order valence-corrected chi connectivity index (χ2v) is 8.57. The molecule has 2 fully saturated rings. The van der Waals surface area contributed by atoms with E-state index in [1.807, 2.05) is 0 Å². The maximum atomic E-state index is 13.5. The molecule has 1 spiro atoms. The van der Waals surface area contributed by atoms with Crippen LogP contribution in [0.15, 0.2) is 23.0 Å². The molecule has 2 saturated carbocycles. The zero-order valence-corrected chi connectivity index (χ0v) is 14.5. The molecular weight excluding hydrogens is 288 g/mol. The van der Waals surface area contributed by atoms with Gasteiger partial charge in [-0.25, -0.2) is 0 Å². The van der Waals surface area contributed by atoms with E-state index in [2.05, 4.69) is 26.8 Å². The summed E-state index contributed by atoms with van der Waals surface area (Å²) in [7, 11) is 0. The summed E-state index contributed by atoms with van der Waals surface area (Å²) in [6, 6.07) is 0. The number of carbonyl (C=O) groups is 2. The molecule has 4 aliphatic carbocycles. The molecule has 5 unspecified atom stereocenters. The van der Waals surface area contributed by atoms with Crippen molar-refractivity contribution in [2.24, 2.45) is 34.5 Å². The smallest absolute Gasteiger partial charge is 0.205 e. The fourth-order valence-electron chi connectivity index (χ4n) is 6.92. The van der Waals surface area contributed by atoms with Gasteiger partial charge in [-0.05, 0) is 63.2 Å². The van der Waals surface area contributed by atoms with E-state index in [1.165, 1.54) is 5.57 Å². The highest BCUT2D eigenvalue weighted by Gasteiger charge is 2.76. The summed E-state index contributed by atoms with van der Waals surface area (Å²) in [5, 5.41) is 10.4. The summed E-state index contributed by atoms with van der Waals surface area (Å²) in [4.78, 5) is 26.9. The first-order chi connectivity index (χ1) is 10.8. The Hall–Kier alpha value is -1.38. The van der Waals surface area contributed by atoms with Gasteiger partial charge in [0.1, 0.15) is 0 Å². The first-order valence-corrected chi connectivity index (χ1v) is 8.95. The van der Waals surface area contributed by atoms with Crippen LogP contribution in [0.1, 0.15) is 53.4 Å². The summed E-state index contributed by atoms with van der Waals surface area (Å²) in [5.41, 5.74) is 0.194. The predicted octanol–water partition coefficient (Wildman–Crippen LogP) is 4.00. The van der Waals surface area contributed by atoms with E-state index in [-0.39, 0.29) is 35.1 Å². The molecule has 0 aromatic heterocycles. The van der Waals surface area contributed by atoms with E-state index >= 15 is 0 Å². The third-order valence-corrected chi connectivity index (χ3v) is 7.71. The first kappa shape index (κ1) is 15.2. The van der Waals surface area contributed by atoms with Gasteiger partial charge in [0.2, 0.25) is 5.78 Å². The monoisotopic (exact) mass is 314 g/mol. The van der Waals surface area contributed by atoms with Gasteiger partial charge in [-0.2, -0.15) is 0 Å². The Morgan fingerprint density at radius 1 is 1.13 bits per heavy atom. The predicted molar refractivity (Wildman–Crippen MR) is 87.7 cm³/mol. The molecular formula is C20H26O3. The number of aliphatic hydroxyl groups is 1. The molecule has 0 aromatic carbocycles. The number of hydrogen-bond donors (Lipinski definition) is 1. The molecule has 4 aliphatic rings. The van der Waals surface area contributed by atoms with Crippen LogP contribution in [0.5, 0.6) is 0 Å². The van der Waals surface area contributed by atoms with E-state index in [1.54, 1.807) is 6.92 Å². The zero-order valence-electron chi connectivity index (χ0n) is 14.5. The van der Waals surface area contributed by atoms with Gasteiger partial charge >= 0.3 is 0 Å². The quantitative estimate of drug-likeness (QED) is 0.688. The standard InChI is InChI=1S/C20H26O3/c1-10-7-14-8-11(2)15-6-5-12(3)19(9-10)18(23)16(21)13(4)17(22)20(14,15)19/h7,11-12,14-15,21H,5-6,8-9H2,1-4H3/t11-,12?,14?,15?,19?,20?/m0/s1. The highest BCUT2D eigenvalue weighted by atomic mass is 16.3. The first-order valence-electron chi connectivity index (χ1n) is 8.95. The molecule has 4 rings (SSSR count). The van der Waals surface area contributed by atoms with E-state index in [0.717, 1.165) is 19.3 Å². The van der Waals surface area contributed by atoms with E-state index < -0.39 is 10.8 Å². The molecule has 124 valence electrons. The van der Waals surface area contributed by atoms with Crippen molar-refractivity contribution in [3.63, 3.8) is 0 Å². The second-order valence-electron chi connectivity index (χ2n) is 8.57. The number of hydrogen-bond acceptors (Lipinski definition) is 3. The summed E-state index contributed by atoms with van der Waals surface area (Å²) >= 11 is 0. The molecule has 1 N–H and O–H groups in total. The van der Waals surface area contributed by atoms with E-state index in [4.69, 9.17) is 0 Å². The molecule has 0 heterocycles. The fraction of sp³-hybridized carbons (Fsp3) is 0.700. The Kier molecular flexibility index (Phi) is 2.88. The SMILES string of the molecule is CC1=CC2C[C@H](C)C3CCC(C)C4(C1)C(=O)C(O)=C(C)C(=O)C234. The Morgan fingerprint density at radius 3 is 2.52 bits per heavy atom. The van der Waals surface area contributed by atoms with Crippen LogP contribution in [0.3, 0.4) is 0 Å². The average molecular weight is 314 g/mol. The van der Waals surface area contributed by atoms with Crippen molar-refractivity contribution in [2.45, 2.75) is 53.4 Å². The Balaban J connectivity index is 2.10. The average Bonchev–Trinajstić information content (AvgIpc) is 2.79. The number of aliphatic hydroxyl groups excluding tert-OH is 1. The summed E-state index contributed by atoms with van der Waals surface area (Å²) in [6.45, 7) is 8.09. The van der Waals surface area contributed by atoms with Gasteiger partial charge in [0, 0.05) is 5.57 Å². The van der Waals surface area contributed by atoms with Gasteiger partial charge in [0.25, 0.3) is 0 Å². The largest absolute Gasteiger partial charge is 0.504 e. The van der Waals surface area contributed by atoms with Crippen molar-refractivity contribution in [3.05, 3.63) is 23.0 Å². The summed E-state index contributed by atoms with van der Waals surface area (Å²) in [5.74, 6) is 0.662. The lowest BCUT2D eigenvalue weighted by Crippen LogP contribution is -2.66. The van der Waals surface area contributed by atoms with E-state index in [9.17, 15) is 14.7 Å². The van der Waals surface area contributed by atoms with Crippen LogP contribution in [0.4, 0.5) is 0 Å². The summed E-state index contributed by atoms with van der Waals surface area (Å²) < 4.78 is 0. The molecule has 3 heteroatoms. The molecule has 6 atom stereocenters. The number of rotatable bonds is 0. The van der Waals surface area contributed by atoms with E-state index in [0.29, 0.717) is 17.9 Å². The number of allylic oxidation sites excluding steroid dienone is 4. The van der Waals surface area contributed by atoms with Crippen molar-refractivity contribution < 1.29 is 14.7 Å². The molecule has 3 nitrogen and oxygen atoms in total. The highest BCUT2D eigenvalue weighted by Crippen LogP contribution is 2.73. The normalized spacial score (nSPS) is 49.0. The van der Waals surface area contributed by atoms with Gasteiger partial charge in [-0.15, -0.1) is 0 Å². The van der Waals surface area contributed by atoms with Crippen LogP contribution in [0.2, 0.25) is 0 Å². The maximum absolute atomic E-state index is 13.5. The van der Waals surface area contributed by atoms with Crippen molar-refractivity contribution in [1.29, 1.82) is 0 Å². The second kappa shape index (κ2) is 4.37. The lowest BCUT2D eigenvalue weighted by Gasteiger charge is -2.62. The van der Waals surface area contributed by atoms with Crippen LogP contribution in [-0.4, -0.2) is 16.7 Å². The van der Waals surface area contributed by atoms with Crippen LogP contribution in [0, 0.1) is 34.5 Å². The van der Waals surface area contributed by atoms with Crippen LogP contribution in [0.25, 0.3) is 0 Å². The van der Waals surface area contributed by atoms with Crippen molar-refractivity contribution in [3.8, 4) is 0 Å². The molecule has 0 aromatic rings. The maximum Gasteiger partial charge on any atom is 0.205 e. The van der Waals surface area contributed by atoms with Crippen LogP contribution in [-0.2, 0) is 9.59 Å². The molecule has 0 bridgehead atoms. The minimum Gasteiger partial charge on any atom is -0.504 e. The van der Waals surface area contributed by atoms with Gasteiger partial charge in [-0.1, -0.05) is 25.5 Å². The van der Waals surface area contributed by atoms with Gasteiger partial charge in [0.15, 0.2) is 11.5 Å². The minimum atomic E-state index is -0.717. The summed E-state index contributed by atoms with van der Waals surface area (Å²) in [6.07, 6.45) is 5.90. The highest BCUT2D eigenvalue weighted by molar-refractivity contribution is 6.17. The lowest BCUT2D eigenvalue weighted by atomic mass is 9.38. The van der Waals surface area contributed by atoms with Crippen molar-refractivity contribution >= 4 is 11.6 Å². The van der Waals surface area contributed by atoms with Crippen LogP contribution < -0.4 is 0 Å². The third kappa shape index (κ3) is 1.39. The fourth-order valence-corrected chi connectivity index (χ4v) is 6.92. The van der Waals surface area contributed by atoms with Gasteiger partial charge in [-0.3, -0.25) is 9.59 Å². The minimum absolute atomic E-state index is 0.0595. The number of carbonyl (C=O) groups excluding carboxylic acids is 2. The lowest BCUT2D eigenvalue weighted by molar-refractivity contribution is -0.174. The number of Topliss-reactive ketones (excluding diaryl/α,β-unsaturated/α-hetero) is 2. The molecule has 23 heavy (non-hydrogen) atoms.